The molecular formula is C19H13ClN4O3S. The molecule has 0 saturated carbocycles. The second-order valence-electron chi connectivity index (χ2n) is 6.04. The number of H-pyrrole nitrogens is 1. The van der Waals surface area contributed by atoms with E-state index < -0.39 is 11.2 Å². The summed E-state index contributed by atoms with van der Waals surface area (Å²) >= 11 is 6.90. The molecule has 1 aliphatic heterocycles. The molecule has 1 aliphatic rings. The van der Waals surface area contributed by atoms with Gasteiger partial charge in [-0.05, 0) is 30.3 Å². The molecule has 9 heteroatoms. The van der Waals surface area contributed by atoms with Crippen molar-refractivity contribution in [3.63, 3.8) is 0 Å². The van der Waals surface area contributed by atoms with Crippen molar-refractivity contribution in [2.75, 3.05) is 0 Å². The number of Topliss-reactive ketones (excluding diaryl/α,β-unsaturated/α-hetero) is 1. The maximum Gasteiger partial charge on any atom is 0.262 e. The van der Waals surface area contributed by atoms with Crippen molar-refractivity contribution < 1.29 is 14.7 Å². The molecule has 7 nitrogen and oxygen atoms in total. The number of rotatable bonds is 4. The fraction of sp³-hybridized carbons (Fsp3) is 0.105. The van der Waals surface area contributed by atoms with E-state index in [1.807, 2.05) is 12.1 Å². The lowest BCUT2D eigenvalue weighted by molar-refractivity contribution is -0.117. The van der Waals surface area contributed by atoms with Gasteiger partial charge in [-0.1, -0.05) is 41.6 Å². The molecule has 0 fully saturated rings. The minimum absolute atomic E-state index is 0.00594. The molecule has 0 radical (unpaired) electrons. The molecule has 0 saturated heterocycles. The molecular weight excluding hydrogens is 400 g/mol. The Morgan fingerprint density at radius 3 is 2.71 bits per heavy atom. The third-order valence-electron chi connectivity index (χ3n) is 4.16. The Bertz CT molecular complexity index is 1140. The van der Waals surface area contributed by atoms with Crippen molar-refractivity contribution in [2.45, 2.75) is 11.7 Å². The fourth-order valence-electron chi connectivity index (χ4n) is 2.77. The number of fused-ring (bicyclic) bond motifs is 1. The molecule has 1 amide bonds. The topological polar surface area (TPSA) is 107 Å². The van der Waals surface area contributed by atoms with E-state index in [0.717, 1.165) is 17.3 Å². The number of aliphatic imine (C=N–C) groups is 1. The second-order valence-corrected chi connectivity index (χ2v) is 7.65. The monoisotopic (exact) mass is 412 g/mol. The molecule has 28 heavy (non-hydrogen) atoms. The summed E-state index contributed by atoms with van der Waals surface area (Å²) in [5.74, 6) is -0.719. The summed E-state index contributed by atoms with van der Waals surface area (Å²) in [4.78, 5) is 31.1. The normalized spacial score (nSPS) is 16.8. The number of aromatic hydroxyl groups is 1. The maximum atomic E-state index is 12.3. The zero-order chi connectivity index (χ0) is 19.7. The number of nitrogens with zero attached hydrogens (tertiary/aromatic N) is 3. The summed E-state index contributed by atoms with van der Waals surface area (Å²) in [6.45, 7) is 0. The van der Waals surface area contributed by atoms with Gasteiger partial charge in [0.25, 0.3) is 5.91 Å². The van der Waals surface area contributed by atoms with Crippen LogP contribution in [0.2, 0.25) is 5.02 Å². The lowest BCUT2D eigenvalue weighted by Gasteiger charge is -2.05. The van der Waals surface area contributed by atoms with Gasteiger partial charge in [0, 0.05) is 22.4 Å². The maximum absolute atomic E-state index is 12.3. The second kappa shape index (κ2) is 7.57. The van der Waals surface area contributed by atoms with Gasteiger partial charge in [-0.2, -0.15) is 4.99 Å². The average molecular weight is 413 g/mol. The van der Waals surface area contributed by atoms with Gasteiger partial charge in [0.05, 0.1) is 5.52 Å². The number of carbonyl (C=O) groups is 2. The van der Waals surface area contributed by atoms with E-state index in [-0.39, 0.29) is 28.9 Å². The Morgan fingerprint density at radius 1 is 1.18 bits per heavy atom. The number of thioether (sulfide) groups is 1. The molecule has 1 unspecified atom stereocenters. The predicted molar refractivity (Wildman–Crippen MR) is 109 cm³/mol. The SMILES string of the molecule is O=C(CC1SC(N=Nc2c(O)[nH]c3ccccc23)=NC1=O)c1ccc(Cl)cc1. The summed E-state index contributed by atoms with van der Waals surface area (Å²) in [5.41, 5.74) is 1.47. The Morgan fingerprint density at radius 2 is 1.93 bits per heavy atom. The predicted octanol–water partition coefficient (Wildman–Crippen LogP) is 4.88. The number of hydrogen-bond donors (Lipinski definition) is 2. The summed E-state index contributed by atoms with van der Waals surface area (Å²) < 4.78 is 0. The van der Waals surface area contributed by atoms with Crippen LogP contribution in [0.3, 0.4) is 0 Å². The summed E-state index contributed by atoms with van der Waals surface area (Å²) in [6, 6.07) is 13.7. The highest BCUT2D eigenvalue weighted by Crippen LogP contribution is 2.36. The number of azo groups is 1. The number of benzene rings is 2. The number of para-hydroxylation sites is 1. The highest BCUT2D eigenvalue weighted by Gasteiger charge is 2.31. The molecule has 0 bridgehead atoms. The number of ketones is 1. The first-order valence-corrected chi connectivity index (χ1v) is 9.56. The molecule has 2 heterocycles. The van der Waals surface area contributed by atoms with Gasteiger partial charge in [0.1, 0.15) is 5.25 Å². The highest BCUT2D eigenvalue weighted by atomic mass is 35.5. The van der Waals surface area contributed by atoms with Crippen LogP contribution in [0.25, 0.3) is 10.9 Å². The third-order valence-corrected chi connectivity index (χ3v) is 5.45. The van der Waals surface area contributed by atoms with E-state index in [1.54, 1.807) is 36.4 Å². The van der Waals surface area contributed by atoms with E-state index in [1.165, 1.54) is 0 Å². The quantitative estimate of drug-likeness (QED) is 0.470. The van der Waals surface area contributed by atoms with E-state index in [0.29, 0.717) is 16.0 Å². The van der Waals surface area contributed by atoms with Gasteiger partial charge in [-0.3, -0.25) is 9.59 Å². The molecule has 2 aromatic carbocycles. The summed E-state index contributed by atoms with van der Waals surface area (Å²) in [5, 5.41) is 18.8. The van der Waals surface area contributed by atoms with Crippen LogP contribution in [0.15, 0.2) is 63.8 Å². The molecule has 2 N–H and O–H groups in total. The first-order chi connectivity index (χ1) is 13.5. The fourth-order valence-corrected chi connectivity index (χ4v) is 3.77. The minimum Gasteiger partial charge on any atom is -0.493 e. The molecule has 3 aromatic rings. The number of aromatic amines is 1. The Labute approximate surface area is 168 Å². The number of carbonyl (C=O) groups excluding carboxylic acids is 2. The molecule has 1 aromatic heterocycles. The van der Waals surface area contributed by atoms with Crippen molar-refractivity contribution in [3.05, 3.63) is 59.1 Å². The smallest absolute Gasteiger partial charge is 0.262 e. The van der Waals surface area contributed by atoms with Crippen molar-refractivity contribution in [1.82, 2.24) is 4.98 Å². The summed E-state index contributed by atoms with van der Waals surface area (Å²) in [6.07, 6.45) is 0.00594. The van der Waals surface area contributed by atoms with Gasteiger partial charge in [0.2, 0.25) is 11.0 Å². The third kappa shape index (κ3) is 3.69. The highest BCUT2D eigenvalue weighted by molar-refractivity contribution is 8.15. The van der Waals surface area contributed by atoms with Gasteiger partial charge in [-0.15, -0.1) is 10.2 Å². The number of amides is 1. The van der Waals surface area contributed by atoms with Crippen LogP contribution in [0.1, 0.15) is 16.8 Å². The number of amidine groups is 1. The van der Waals surface area contributed by atoms with Gasteiger partial charge >= 0.3 is 0 Å². The van der Waals surface area contributed by atoms with Crippen molar-refractivity contribution in [1.29, 1.82) is 0 Å². The molecule has 0 spiro atoms. The zero-order valence-corrected chi connectivity index (χ0v) is 15.9. The van der Waals surface area contributed by atoms with Crippen LogP contribution in [0, 0.1) is 0 Å². The first-order valence-electron chi connectivity index (χ1n) is 8.30. The number of nitrogens with one attached hydrogen (secondary N) is 1. The van der Waals surface area contributed by atoms with Crippen molar-refractivity contribution in [3.8, 4) is 5.88 Å². The largest absolute Gasteiger partial charge is 0.493 e. The van der Waals surface area contributed by atoms with Crippen LogP contribution in [0.4, 0.5) is 5.69 Å². The lowest BCUT2D eigenvalue weighted by Crippen LogP contribution is -2.16. The molecule has 1 atom stereocenters. The number of hydrogen-bond acceptors (Lipinski definition) is 6. The standard InChI is InChI=1S/C19H13ClN4O3S/c20-11-7-5-10(6-8-11)14(25)9-15-17(26)22-19(28-15)24-23-16-12-3-1-2-4-13(12)21-18(16)27/h1-8,15,21,27H,9H2. The minimum atomic E-state index is -0.645. The van der Waals surface area contributed by atoms with Crippen LogP contribution >= 0.6 is 23.4 Å². The Balaban J connectivity index is 1.46. The van der Waals surface area contributed by atoms with Gasteiger partial charge < -0.3 is 10.1 Å². The van der Waals surface area contributed by atoms with Crippen LogP contribution in [-0.4, -0.2) is 32.2 Å². The Hall–Kier alpha value is -2.97. The van der Waals surface area contributed by atoms with Crippen LogP contribution in [0.5, 0.6) is 5.88 Å². The Kier molecular flexibility index (Phi) is 4.97. The van der Waals surface area contributed by atoms with Gasteiger partial charge in [0.15, 0.2) is 11.5 Å². The lowest BCUT2D eigenvalue weighted by atomic mass is 10.1. The van der Waals surface area contributed by atoms with E-state index >= 15 is 0 Å². The zero-order valence-electron chi connectivity index (χ0n) is 14.3. The van der Waals surface area contributed by atoms with Crippen LogP contribution < -0.4 is 0 Å². The van der Waals surface area contributed by atoms with Gasteiger partial charge in [-0.25, -0.2) is 0 Å². The summed E-state index contributed by atoms with van der Waals surface area (Å²) in [7, 11) is 0. The van der Waals surface area contributed by atoms with E-state index in [9.17, 15) is 14.7 Å². The number of aromatic nitrogens is 1. The van der Waals surface area contributed by atoms with Crippen molar-refractivity contribution in [2.24, 2.45) is 15.2 Å². The van der Waals surface area contributed by atoms with Crippen molar-refractivity contribution >= 4 is 56.8 Å². The first kappa shape index (κ1) is 18.4. The van der Waals surface area contributed by atoms with Crippen LogP contribution in [-0.2, 0) is 4.79 Å². The average Bonchev–Trinajstić information content (AvgIpc) is 3.19. The van der Waals surface area contributed by atoms with E-state index in [2.05, 4.69) is 20.2 Å². The van der Waals surface area contributed by atoms with E-state index in [4.69, 9.17) is 11.6 Å². The number of halogens is 1. The molecule has 0 aliphatic carbocycles. The molecule has 140 valence electrons. The molecule has 4 rings (SSSR count).